The van der Waals surface area contributed by atoms with Crippen molar-refractivity contribution in [3.63, 3.8) is 0 Å². The number of nitrogens with one attached hydrogen (secondary N) is 2. The lowest BCUT2D eigenvalue weighted by Gasteiger charge is -2.10. The Bertz CT molecular complexity index is 1060. The Balaban J connectivity index is 1.73. The minimum atomic E-state index is -0.302. The first kappa shape index (κ1) is 16.3. The Morgan fingerprint density at radius 1 is 0.923 bits per heavy atom. The van der Waals surface area contributed by atoms with Crippen molar-refractivity contribution in [3.8, 4) is 0 Å². The largest absolute Gasteiger partial charge is 0.339 e. The van der Waals surface area contributed by atoms with Crippen molar-refractivity contribution in [2.75, 3.05) is 10.6 Å². The molecule has 0 aliphatic carbocycles. The van der Waals surface area contributed by atoms with Gasteiger partial charge >= 0.3 is 0 Å². The lowest BCUT2D eigenvalue weighted by Crippen LogP contribution is -2.03. The summed E-state index contributed by atoms with van der Waals surface area (Å²) in [7, 11) is 1.81. The minimum absolute atomic E-state index is 0.302. The molecule has 0 radical (unpaired) electrons. The number of hydrogen-bond donors (Lipinski definition) is 2. The fourth-order valence-corrected chi connectivity index (χ4v) is 2.63. The van der Waals surface area contributed by atoms with E-state index >= 15 is 0 Å². The van der Waals surface area contributed by atoms with E-state index in [4.69, 9.17) is 11.6 Å². The van der Waals surface area contributed by atoms with Gasteiger partial charge in [0.15, 0.2) is 5.65 Å². The third-order valence-corrected chi connectivity index (χ3v) is 4.05. The molecule has 0 unspecified atom stereocenters. The van der Waals surface area contributed by atoms with E-state index in [1.807, 2.05) is 19.2 Å². The van der Waals surface area contributed by atoms with Crippen molar-refractivity contribution >= 4 is 45.8 Å². The average Bonchev–Trinajstić information content (AvgIpc) is 3.00. The van der Waals surface area contributed by atoms with Crippen LogP contribution >= 0.6 is 11.6 Å². The first-order valence-electron chi connectivity index (χ1n) is 7.83. The molecule has 2 heterocycles. The number of hydrogen-bond acceptors (Lipinski definition) is 5. The summed E-state index contributed by atoms with van der Waals surface area (Å²) in [6, 6.07) is 13.3. The topological polar surface area (TPSA) is 67.7 Å². The van der Waals surface area contributed by atoms with Crippen molar-refractivity contribution < 1.29 is 4.39 Å². The maximum atomic E-state index is 13.1. The molecule has 2 aromatic heterocycles. The Labute approximate surface area is 153 Å². The van der Waals surface area contributed by atoms with E-state index in [-0.39, 0.29) is 5.82 Å². The molecule has 0 bridgehead atoms. The molecule has 0 saturated heterocycles. The molecule has 26 heavy (non-hydrogen) atoms. The van der Waals surface area contributed by atoms with Gasteiger partial charge in [-0.2, -0.15) is 15.1 Å². The van der Waals surface area contributed by atoms with E-state index in [1.165, 1.54) is 12.1 Å². The Morgan fingerprint density at radius 3 is 2.31 bits per heavy atom. The van der Waals surface area contributed by atoms with E-state index in [9.17, 15) is 4.39 Å². The highest BCUT2D eigenvalue weighted by atomic mass is 35.5. The molecule has 0 aliphatic heterocycles. The molecule has 8 heteroatoms. The molecule has 0 amide bonds. The number of nitrogens with zero attached hydrogens (tertiary/aromatic N) is 4. The number of aryl methyl sites for hydroxylation is 1. The predicted molar refractivity (Wildman–Crippen MR) is 101 cm³/mol. The zero-order valence-corrected chi connectivity index (χ0v) is 14.5. The first-order valence-corrected chi connectivity index (χ1v) is 8.21. The molecule has 2 aromatic carbocycles. The van der Waals surface area contributed by atoms with Crippen LogP contribution in [-0.2, 0) is 7.05 Å². The third-order valence-electron chi connectivity index (χ3n) is 3.80. The monoisotopic (exact) mass is 368 g/mol. The molecular formula is C18H14ClFN6. The summed E-state index contributed by atoms with van der Waals surface area (Å²) in [6.45, 7) is 0. The Kier molecular flexibility index (Phi) is 4.14. The van der Waals surface area contributed by atoms with Gasteiger partial charge in [-0.05, 0) is 48.5 Å². The summed E-state index contributed by atoms with van der Waals surface area (Å²) in [5.41, 5.74) is 2.19. The number of rotatable bonds is 4. The molecule has 4 aromatic rings. The molecule has 2 N–H and O–H groups in total. The van der Waals surface area contributed by atoms with Gasteiger partial charge in [-0.25, -0.2) is 4.39 Å². The second-order valence-corrected chi connectivity index (χ2v) is 6.10. The van der Waals surface area contributed by atoms with Crippen LogP contribution in [0.3, 0.4) is 0 Å². The van der Waals surface area contributed by atoms with Gasteiger partial charge in [0, 0.05) is 23.4 Å². The second kappa shape index (κ2) is 6.61. The van der Waals surface area contributed by atoms with Crippen LogP contribution in [0.2, 0.25) is 5.02 Å². The van der Waals surface area contributed by atoms with Crippen molar-refractivity contribution in [3.05, 3.63) is 65.6 Å². The maximum absolute atomic E-state index is 13.1. The standard InChI is InChI=1S/C18H14ClFN6/c1-26-17-15(10-21-26)16(22-13-6-2-11(19)3-7-13)24-18(25-17)23-14-8-4-12(20)5-9-14/h2-10H,1H3,(H2,22,23,24,25). The van der Waals surface area contributed by atoms with Crippen LogP contribution in [0.5, 0.6) is 0 Å². The molecule has 0 atom stereocenters. The summed E-state index contributed by atoms with van der Waals surface area (Å²) in [5.74, 6) is 0.683. The van der Waals surface area contributed by atoms with Crippen molar-refractivity contribution in [1.82, 2.24) is 19.7 Å². The first-order chi connectivity index (χ1) is 12.6. The van der Waals surface area contributed by atoms with Gasteiger partial charge < -0.3 is 10.6 Å². The smallest absolute Gasteiger partial charge is 0.231 e. The van der Waals surface area contributed by atoms with Crippen LogP contribution in [0, 0.1) is 5.82 Å². The number of benzene rings is 2. The van der Waals surface area contributed by atoms with Crippen LogP contribution in [0.15, 0.2) is 54.7 Å². The third kappa shape index (κ3) is 3.29. The van der Waals surface area contributed by atoms with Crippen LogP contribution in [0.1, 0.15) is 0 Å². The highest BCUT2D eigenvalue weighted by molar-refractivity contribution is 6.30. The molecule has 6 nitrogen and oxygen atoms in total. The van der Waals surface area contributed by atoms with Crippen LogP contribution in [-0.4, -0.2) is 19.7 Å². The second-order valence-electron chi connectivity index (χ2n) is 5.67. The number of anilines is 4. The summed E-state index contributed by atoms with van der Waals surface area (Å²) >= 11 is 5.94. The van der Waals surface area contributed by atoms with E-state index in [0.717, 1.165) is 11.1 Å². The van der Waals surface area contributed by atoms with E-state index in [0.29, 0.717) is 28.1 Å². The quantitative estimate of drug-likeness (QED) is 0.549. The Morgan fingerprint density at radius 2 is 1.58 bits per heavy atom. The highest BCUT2D eigenvalue weighted by Gasteiger charge is 2.12. The molecular weight excluding hydrogens is 355 g/mol. The summed E-state index contributed by atoms with van der Waals surface area (Å²) in [6.07, 6.45) is 1.70. The molecule has 4 rings (SSSR count). The van der Waals surface area contributed by atoms with E-state index < -0.39 is 0 Å². The minimum Gasteiger partial charge on any atom is -0.339 e. The summed E-state index contributed by atoms with van der Waals surface area (Å²) in [4.78, 5) is 9.03. The fourth-order valence-electron chi connectivity index (χ4n) is 2.51. The lowest BCUT2D eigenvalue weighted by atomic mass is 10.3. The van der Waals surface area contributed by atoms with Crippen molar-refractivity contribution in [2.45, 2.75) is 0 Å². The van der Waals surface area contributed by atoms with Crippen molar-refractivity contribution in [1.29, 1.82) is 0 Å². The van der Waals surface area contributed by atoms with Gasteiger partial charge in [0.2, 0.25) is 5.95 Å². The molecule has 0 saturated carbocycles. The number of aromatic nitrogens is 4. The summed E-state index contributed by atoms with van der Waals surface area (Å²) in [5, 5.41) is 12.0. The van der Waals surface area contributed by atoms with Gasteiger partial charge in [-0.15, -0.1) is 0 Å². The van der Waals surface area contributed by atoms with Gasteiger partial charge in [-0.3, -0.25) is 4.68 Å². The van der Waals surface area contributed by atoms with Gasteiger partial charge in [-0.1, -0.05) is 11.6 Å². The number of fused-ring (bicyclic) bond motifs is 1. The van der Waals surface area contributed by atoms with Crippen LogP contribution < -0.4 is 10.6 Å². The van der Waals surface area contributed by atoms with Gasteiger partial charge in [0.25, 0.3) is 0 Å². The maximum Gasteiger partial charge on any atom is 0.231 e. The SMILES string of the molecule is Cn1ncc2c(Nc3ccc(Cl)cc3)nc(Nc3ccc(F)cc3)nc21. The van der Waals surface area contributed by atoms with Gasteiger partial charge in [0.1, 0.15) is 11.6 Å². The highest BCUT2D eigenvalue weighted by Crippen LogP contribution is 2.26. The van der Waals surface area contributed by atoms with E-state index in [2.05, 4.69) is 25.7 Å². The van der Waals surface area contributed by atoms with Crippen LogP contribution in [0.25, 0.3) is 11.0 Å². The molecule has 0 fully saturated rings. The van der Waals surface area contributed by atoms with Gasteiger partial charge in [0.05, 0.1) is 11.6 Å². The van der Waals surface area contributed by atoms with E-state index in [1.54, 1.807) is 35.1 Å². The lowest BCUT2D eigenvalue weighted by molar-refractivity contribution is 0.628. The summed E-state index contributed by atoms with van der Waals surface area (Å²) < 4.78 is 14.8. The normalized spacial score (nSPS) is 10.9. The molecule has 130 valence electrons. The fraction of sp³-hybridized carbons (Fsp3) is 0.0556. The zero-order chi connectivity index (χ0) is 18.1. The number of halogens is 2. The Hall–Kier alpha value is -3.19. The zero-order valence-electron chi connectivity index (χ0n) is 13.7. The molecule has 0 spiro atoms. The van der Waals surface area contributed by atoms with Crippen LogP contribution in [0.4, 0.5) is 27.5 Å². The average molecular weight is 369 g/mol. The molecule has 0 aliphatic rings. The van der Waals surface area contributed by atoms with Crippen molar-refractivity contribution in [2.24, 2.45) is 7.05 Å². The predicted octanol–water partition coefficient (Wildman–Crippen LogP) is 4.64.